The van der Waals surface area contributed by atoms with Crippen molar-refractivity contribution in [2.24, 2.45) is 10.9 Å². The summed E-state index contributed by atoms with van der Waals surface area (Å²) in [4.78, 5) is 12.0. The maximum Gasteiger partial charge on any atom is 0.253 e. The normalized spacial score (nSPS) is 22.8. The van der Waals surface area contributed by atoms with Gasteiger partial charge in [0, 0.05) is 0 Å². The van der Waals surface area contributed by atoms with E-state index in [9.17, 15) is 9.18 Å². The molecule has 1 aliphatic rings. The van der Waals surface area contributed by atoms with Crippen molar-refractivity contribution in [2.45, 2.75) is 32.0 Å². The standard InChI is InChI=1S/C13H16FN3O3/c1-7-5-6-10(20-7)13(18)16-9-4-2-3-8(14)11(9)12(15)17-19/h2-4,7,10,19H,5-6H2,1H3,(H2,15,17)(H,16,18). The van der Waals surface area contributed by atoms with Gasteiger partial charge in [0.05, 0.1) is 17.4 Å². The van der Waals surface area contributed by atoms with Crippen molar-refractivity contribution in [1.29, 1.82) is 0 Å². The lowest BCUT2D eigenvalue weighted by Crippen LogP contribution is -2.29. The summed E-state index contributed by atoms with van der Waals surface area (Å²) in [7, 11) is 0. The topological polar surface area (TPSA) is 96.9 Å². The van der Waals surface area contributed by atoms with Gasteiger partial charge in [-0.05, 0) is 31.9 Å². The predicted molar refractivity (Wildman–Crippen MR) is 71.1 cm³/mol. The fourth-order valence-electron chi connectivity index (χ4n) is 2.15. The van der Waals surface area contributed by atoms with Gasteiger partial charge in [-0.2, -0.15) is 0 Å². The van der Waals surface area contributed by atoms with Crippen LogP contribution in [-0.2, 0) is 9.53 Å². The van der Waals surface area contributed by atoms with Gasteiger partial charge in [0.2, 0.25) is 0 Å². The number of halogens is 1. The first kappa shape index (κ1) is 14.3. The average molecular weight is 281 g/mol. The number of nitrogens with zero attached hydrogens (tertiary/aromatic N) is 1. The number of nitrogens with two attached hydrogens (primary N) is 1. The summed E-state index contributed by atoms with van der Waals surface area (Å²) >= 11 is 0. The smallest absolute Gasteiger partial charge is 0.253 e. The fraction of sp³-hybridized carbons (Fsp3) is 0.385. The molecule has 0 bridgehead atoms. The van der Waals surface area contributed by atoms with Crippen LogP contribution in [0, 0.1) is 5.82 Å². The number of hydrogen-bond donors (Lipinski definition) is 3. The summed E-state index contributed by atoms with van der Waals surface area (Å²) in [6.45, 7) is 1.89. The Balaban J connectivity index is 2.21. The minimum absolute atomic E-state index is 0.0294. The largest absolute Gasteiger partial charge is 0.409 e. The molecule has 0 saturated carbocycles. The molecule has 108 valence electrons. The van der Waals surface area contributed by atoms with E-state index >= 15 is 0 Å². The zero-order valence-corrected chi connectivity index (χ0v) is 11.0. The highest BCUT2D eigenvalue weighted by molar-refractivity contribution is 6.06. The zero-order valence-electron chi connectivity index (χ0n) is 11.0. The molecule has 2 unspecified atom stereocenters. The molecular formula is C13H16FN3O3. The van der Waals surface area contributed by atoms with Crippen LogP contribution in [0.25, 0.3) is 0 Å². The Labute approximate surface area is 115 Å². The molecule has 20 heavy (non-hydrogen) atoms. The van der Waals surface area contributed by atoms with Gasteiger partial charge >= 0.3 is 0 Å². The first-order valence-corrected chi connectivity index (χ1v) is 6.25. The van der Waals surface area contributed by atoms with E-state index in [2.05, 4.69) is 10.5 Å². The van der Waals surface area contributed by atoms with Crippen LogP contribution in [-0.4, -0.2) is 29.2 Å². The van der Waals surface area contributed by atoms with Crippen LogP contribution < -0.4 is 11.1 Å². The summed E-state index contributed by atoms with van der Waals surface area (Å²) in [5.74, 6) is -1.45. The molecule has 1 aliphatic heterocycles. The summed E-state index contributed by atoms with van der Waals surface area (Å²) in [6.07, 6.45) is 0.880. The fourth-order valence-corrected chi connectivity index (χ4v) is 2.15. The lowest BCUT2D eigenvalue weighted by Gasteiger charge is -2.14. The van der Waals surface area contributed by atoms with Crippen molar-refractivity contribution >= 4 is 17.4 Å². The van der Waals surface area contributed by atoms with E-state index in [1.54, 1.807) is 0 Å². The molecule has 1 fully saturated rings. The molecule has 1 saturated heterocycles. The van der Waals surface area contributed by atoms with Gasteiger partial charge in [-0.15, -0.1) is 0 Å². The van der Waals surface area contributed by atoms with E-state index in [-0.39, 0.29) is 23.3 Å². The number of ether oxygens (including phenoxy) is 1. The zero-order chi connectivity index (χ0) is 14.7. The number of hydrogen-bond acceptors (Lipinski definition) is 4. The Morgan fingerprint density at radius 1 is 1.55 bits per heavy atom. The van der Waals surface area contributed by atoms with Crippen LogP contribution in [0.5, 0.6) is 0 Å². The molecule has 1 aromatic carbocycles. The van der Waals surface area contributed by atoms with Gasteiger partial charge in [-0.3, -0.25) is 4.79 Å². The summed E-state index contributed by atoms with van der Waals surface area (Å²) in [5, 5.41) is 14.0. The highest BCUT2D eigenvalue weighted by Gasteiger charge is 2.29. The molecule has 0 aromatic heterocycles. The van der Waals surface area contributed by atoms with Crippen molar-refractivity contribution in [1.82, 2.24) is 0 Å². The molecule has 0 aliphatic carbocycles. The molecule has 0 spiro atoms. The SMILES string of the molecule is CC1CCC(C(=O)Nc2cccc(F)c2/C(N)=N/O)O1. The number of nitrogens with one attached hydrogen (secondary N) is 1. The third kappa shape index (κ3) is 2.88. The maximum atomic E-state index is 13.7. The Hall–Kier alpha value is -2.15. The number of oxime groups is 1. The van der Waals surface area contributed by atoms with E-state index in [0.717, 1.165) is 12.5 Å². The van der Waals surface area contributed by atoms with Gasteiger partial charge < -0.3 is 21.0 Å². The van der Waals surface area contributed by atoms with Crippen LogP contribution in [0.4, 0.5) is 10.1 Å². The van der Waals surface area contributed by atoms with E-state index in [1.807, 2.05) is 6.92 Å². The van der Waals surface area contributed by atoms with Gasteiger partial charge in [0.15, 0.2) is 5.84 Å². The Morgan fingerprint density at radius 2 is 2.30 bits per heavy atom. The second-order valence-corrected chi connectivity index (χ2v) is 4.65. The second kappa shape index (κ2) is 5.87. The highest BCUT2D eigenvalue weighted by Crippen LogP contribution is 2.23. The number of anilines is 1. The summed E-state index contributed by atoms with van der Waals surface area (Å²) in [5.41, 5.74) is 5.43. The van der Waals surface area contributed by atoms with Gasteiger partial charge in [-0.1, -0.05) is 11.2 Å². The van der Waals surface area contributed by atoms with E-state index in [4.69, 9.17) is 15.7 Å². The number of rotatable bonds is 3. The molecule has 2 atom stereocenters. The first-order valence-electron chi connectivity index (χ1n) is 6.25. The third-order valence-electron chi connectivity index (χ3n) is 3.16. The lowest BCUT2D eigenvalue weighted by molar-refractivity contribution is -0.126. The molecule has 1 heterocycles. The van der Waals surface area contributed by atoms with E-state index in [1.165, 1.54) is 12.1 Å². The average Bonchev–Trinajstić information content (AvgIpc) is 2.85. The van der Waals surface area contributed by atoms with Crippen molar-refractivity contribution < 1.29 is 19.1 Å². The molecule has 6 nitrogen and oxygen atoms in total. The molecule has 1 aromatic rings. The summed E-state index contributed by atoms with van der Waals surface area (Å²) in [6, 6.07) is 4.07. The first-order chi connectivity index (χ1) is 9.52. The third-order valence-corrected chi connectivity index (χ3v) is 3.16. The highest BCUT2D eigenvalue weighted by atomic mass is 19.1. The minimum Gasteiger partial charge on any atom is -0.409 e. The van der Waals surface area contributed by atoms with Crippen molar-refractivity contribution in [3.63, 3.8) is 0 Å². The van der Waals surface area contributed by atoms with Crippen LogP contribution >= 0.6 is 0 Å². The van der Waals surface area contributed by atoms with Gasteiger partial charge in [0.25, 0.3) is 5.91 Å². The van der Waals surface area contributed by atoms with Crippen molar-refractivity contribution in [3.8, 4) is 0 Å². The van der Waals surface area contributed by atoms with Crippen LogP contribution in [0.3, 0.4) is 0 Å². The lowest BCUT2D eigenvalue weighted by atomic mass is 10.1. The quantitative estimate of drug-likeness (QED) is 0.338. The Kier molecular flexibility index (Phi) is 4.19. The monoisotopic (exact) mass is 281 g/mol. The molecule has 0 radical (unpaired) electrons. The number of carbonyl (C=O) groups is 1. The van der Waals surface area contributed by atoms with Crippen LogP contribution in [0.1, 0.15) is 25.3 Å². The second-order valence-electron chi connectivity index (χ2n) is 4.65. The number of amides is 1. The van der Waals surface area contributed by atoms with E-state index in [0.29, 0.717) is 6.42 Å². The molecular weight excluding hydrogens is 265 g/mol. The van der Waals surface area contributed by atoms with Crippen LogP contribution in [0.15, 0.2) is 23.4 Å². The minimum atomic E-state index is -0.682. The van der Waals surface area contributed by atoms with E-state index < -0.39 is 17.8 Å². The molecule has 4 N–H and O–H groups in total. The number of benzene rings is 1. The maximum absolute atomic E-state index is 13.7. The Morgan fingerprint density at radius 3 is 2.90 bits per heavy atom. The number of amidine groups is 1. The van der Waals surface area contributed by atoms with Gasteiger partial charge in [0.1, 0.15) is 11.9 Å². The van der Waals surface area contributed by atoms with Crippen LogP contribution in [0.2, 0.25) is 0 Å². The molecule has 1 amide bonds. The number of carbonyl (C=O) groups excluding carboxylic acids is 1. The summed E-state index contributed by atoms with van der Waals surface area (Å²) < 4.78 is 19.2. The Bertz CT molecular complexity index is 548. The van der Waals surface area contributed by atoms with Crippen molar-refractivity contribution in [2.75, 3.05) is 5.32 Å². The van der Waals surface area contributed by atoms with Gasteiger partial charge in [-0.25, -0.2) is 4.39 Å². The molecule has 7 heteroatoms. The predicted octanol–water partition coefficient (Wildman–Crippen LogP) is 1.43. The molecule has 2 rings (SSSR count). The van der Waals surface area contributed by atoms with Crippen molar-refractivity contribution in [3.05, 3.63) is 29.6 Å².